The predicted octanol–water partition coefficient (Wildman–Crippen LogP) is 1.85. The van der Waals surface area contributed by atoms with E-state index in [4.69, 9.17) is 10.3 Å². The highest BCUT2D eigenvalue weighted by atomic mass is 32.2. The van der Waals surface area contributed by atoms with Crippen molar-refractivity contribution in [1.82, 2.24) is 9.78 Å². The standard InChI is InChI=1S/C16H13F3N4O4S2/c17-16(18,19)15-9-14(10-1-5-12(6-2-10)28(20,24)25)23(22-15)11-3-7-13(8-4-11)29(21,26)27/h1-9H,(H2,20,24,25)(H2,21,26,27). The van der Waals surface area contributed by atoms with E-state index in [0.717, 1.165) is 35.0 Å². The maximum atomic E-state index is 13.2. The van der Waals surface area contributed by atoms with E-state index in [0.29, 0.717) is 0 Å². The Balaban J connectivity index is 2.16. The first-order valence-electron chi connectivity index (χ1n) is 7.70. The van der Waals surface area contributed by atoms with Crippen LogP contribution in [0.2, 0.25) is 0 Å². The Labute approximate surface area is 163 Å². The van der Waals surface area contributed by atoms with E-state index in [1.54, 1.807) is 0 Å². The van der Waals surface area contributed by atoms with Crippen LogP contribution >= 0.6 is 0 Å². The third-order valence-electron chi connectivity index (χ3n) is 3.89. The van der Waals surface area contributed by atoms with Gasteiger partial charge in [-0.25, -0.2) is 31.8 Å². The van der Waals surface area contributed by atoms with E-state index in [2.05, 4.69) is 5.10 Å². The van der Waals surface area contributed by atoms with Crippen molar-refractivity contribution in [3.63, 3.8) is 0 Å². The van der Waals surface area contributed by atoms with Crippen LogP contribution in [0.15, 0.2) is 64.4 Å². The average molecular weight is 446 g/mol. The van der Waals surface area contributed by atoms with Crippen LogP contribution in [-0.4, -0.2) is 26.6 Å². The summed E-state index contributed by atoms with van der Waals surface area (Å²) in [5.41, 5.74) is -0.811. The summed E-state index contributed by atoms with van der Waals surface area (Å²) in [4.78, 5) is -0.427. The monoisotopic (exact) mass is 446 g/mol. The molecule has 0 unspecified atom stereocenters. The second kappa shape index (κ2) is 6.95. The van der Waals surface area contributed by atoms with Gasteiger partial charge in [-0.2, -0.15) is 18.3 Å². The quantitative estimate of drug-likeness (QED) is 0.630. The lowest BCUT2D eigenvalue weighted by Gasteiger charge is -2.09. The maximum Gasteiger partial charge on any atom is 0.435 e. The highest BCUT2D eigenvalue weighted by Crippen LogP contribution is 2.33. The summed E-state index contributed by atoms with van der Waals surface area (Å²) in [6.07, 6.45) is -4.74. The average Bonchev–Trinajstić information content (AvgIpc) is 3.06. The zero-order valence-electron chi connectivity index (χ0n) is 14.3. The van der Waals surface area contributed by atoms with E-state index in [9.17, 15) is 30.0 Å². The number of sulfonamides is 2. The fourth-order valence-electron chi connectivity index (χ4n) is 2.51. The molecule has 13 heteroatoms. The number of halogens is 3. The number of hydrogen-bond donors (Lipinski definition) is 2. The molecule has 0 amide bonds. The summed E-state index contributed by atoms with van der Waals surface area (Å²) in [6, 6.07) is 10.4. The summed E-state index contributed by atoms with van der Waals surface area (Å²) < 4.78 is 86.0. The molecule has 1 heterocycles. The number of benzene rings is 2. The minimum absolute atomic E-state index is 0.00153. The Kier molecular flexibility index (Phi) is 5.03. The molecule has 29 heavy (non-hydrogen) atoms. The third kappa shape index (κ3) is 4.48. The van der Waals surface area contributed by atoms with Gasteiger partial charge in [0.2, 0.25) is 20.0 Å². The van der Waals surface area contributed by atoms with Gasteiger partial charge >= 0.3 is 6.18 Å². The maximum absolute atomic E-state index is 13.2. The first-order valence-corrected chi connectivity index (χ1v) is 10.8. The fraction of sp³-hybridized carbons (Fsp3) is 0.0625. The summed E-state index contributed by atoms with van der Waals surface area (Å²) in [6.45, 7) is 0. The van der Waals surface area contributed by atoms with Gasteiger partial charge in [-0.15, -0.1) is 0 Å². The zero-order chi connectivity index (χ0) is 21.6. The normalized spacial score (nSPS) is 12.9. The number of alkyl halides is 3. The van der Waals surface area contributed by atoms with Crippen LogP contribution in [0, 0.1) is 0 Å². The topological polar surface area (TPSA) is 138 Å². The van der Waals surface area contributed by atoms with E-state index in [1.165, 1.54) is 24.3 Å². The second-order valence-corrected chi connectivity index (χ2v) is 9.06. The molecular formula is C16H13F3N4O4S2. The molecular weight excluding hydrogens is 433 g/mol. The molecule has 2 aromatic carbocycles. The summed E-state index contributed by atoms with van der Waals surface area (Å²) in [5, 5.41) is 13.6. The molecule has 0 saturated carbocycles. The van der Waals surface area contributed by atoms with Crippen LogP contribution in [0.3, 0.4) is 0 Å². The first kappa shape index (κ1) is 21.0. The molecule has 8 nitrogen and oxygen atoms in total. The molecule has 0 bridgehead atoms. The van der Waals surface area contributed by atoms with Crippen LogP contribution < -0.4 is 10.3 Å². The molecule has 0 fully saturated rings. The van der Waals surface area contributed by atoms with Crippen molar-refractivity contribution in [2.45, 2.75) is 16.0 Å². The van der Waals surface area contributed by atoms with Crippen LogP contribution in [0.25, 0.3) is 16.9 Å². The Morgan fingerprint density at radius 1 is 0.793 bits per heavy atom. The van der Waals surface area contributed by atoms with Gasteiger partial charge in [0.25, 0.3) is 0 Å². The van der Waals surface area contributed by atoms with Crippen molar-refractivity contribution >= 4 is 20.0 Å². The summed E-state index contributed by atoms with van der Waals surface area (Å²) in [5.74, 6) is 0. The molecule has 0 spiro atoms. The third-order valence-corrected chi connectivity index (χ3v) is 5.75. The lowest BCUT2D eigenvalue weighted by molar-refractivity contribution is -0.141. The second-order valence-electron chi connectivity index (χ2n) is 5.93. The van der Waals surface area contributed by atoms with Crippen molar-refractivity contribution in [1.29, 1.82) is 0 Å². The molecule has 0 aliphatic heterocycles. The highest BCUT2D eigenvalue weighted by molar-refractivity contribution is 7.89. The number of rotatable bonds is 4. The lowest BCUT2D eigenvalue weighted by Crippen LogP contribution is -2.12. The summed E-state index contributed by atoms with van der Waals surface area (Å²) in [7, 11) is -7.95. The first-order chi connectivity index (χ1) is 13.3. The largest absolute Gasteiger partial charge is 0.435 e. The van der Waals surface area contributed by atoms with Gasteiger partial charge in [0.1, 0.15) is 0 Å². The smallest absolute Gasteiger partial charge is 0.233 e. The number of aromatic nitrogens is 2. The van der Waals surface area contributed by atoms with E-state index in [-0.39, 0.29) is 26.7 Å². The van der Waals surface area contributed by atoms with Crippen LogP contribution in [0.1, 0.15) is 5.69 Å². The molecule has 3 rings (SSSR count). The van der Waals surface area contributed by atoms with Crippen LogP contribution in [-0.2, 0) is 26.2 Å². The Morgan fingerprint density at radius 3 is 1.66 bits per heavy atom. The van der Waals surface area contributed by atoms with Crippen LogP contribution in [0.4, 0.5) is 13.2 Å². The van der Waals surface area contributed by atoms with E-state index >= 15 is 0 Å². The molecule has 0 radical (unpaired) electrons. The Morgan fingerprint density at radius 2 is 1.24 bits per heavy atom. The fourth-order valence-corrected chi connectivity index (χ4v) is 3.55. The molecule has 0 aliphatic carbocycles. The molecule has 0 atom stereocenters. The van der Waals surface area contributed by atoms with E-state index in [1.807, 2.05) is 0 Å². The molecule has 154 valence electrons. The number of nitrogens with two attached hydrogens (primary N) is 2. The molecule has 1 aromatic heterocycles. The minimum atomic E-state index is -4.74. The Bertz CT molecular complexity index is 1170. The zero-order valence-corrected chi connectivity index (χ0v) is 16.0. The number of primary sulfonamides is 2. The SMILES string of the molecule is NS(=O)(=O)c1ccc(-c2cc(C(F)(F)F)nn2-c2ccc(S(N)(=O)=O)cc2)cc1. The van der Waals surface area contributed by atoms with Gasteiger partial charge in [-0.1, -0.05) is 12.1 Å². The lowest BCUT2D eigenvalue weighted by atomic mass is 10.1. The summed E-state index contributed by atoms with van der Waals surface area (Å²) >= 11 is 0. The van der Waals surface area contributed by atoms with Crippen LogP contribution in [0.5, 0.6) is 0 Å². The van der Waals surface area contributed by atoms with Crippen molar-refractivity contribution in [3.05, 3.63) is 60.3 Å². The number of hydrogen-bond acceptors (Lipinski definition) is 5. The van der Waals surface area contributed by atoms with Gasteiger partial charge in [0.15, 0.2) is 5.69 Å². The van der Waals surface area contributed by atoms with E-state index < -0.39 is 31.9 Å². The van der Waals surface area contributed by atoms with Gasteiger partial charge in [0.05, 0.1) is 21.2 Å². The highest BCUT2D eigenvalue weighted by Gasteiger charge is 2.35. The van der Waals surface area contributed by atoms with Gasteiger partial charge in [-0.3, -0.25) is 0 Å². The van der Waals surface area contributed by atoms with Crippen molar-refractivity contribution in [2.24, 2.45) is 10.3 Å². The van der Waals surface area contributed by atoms with Crippen molar-refractivity contribution in [2.75, 3.05) is 0 Å². The van der Waals surface area contributed by atoms with Crippen molar-refractivity contribution in [3.8, 4) is 16.9 Å². The molecule has 4 N–H and O–H groups in total. The minimum Gasteiger partial charge on any atom is -0.233 e. The molecule has 0 saturated heterocycles. The number of nitrogens with zero attached hydrogens (tertiary/aromatic N) is 2. The molecule has 3 aromatic rings. The van der Waals surface area contributed by atoms with Gasteiger partial charge in [-0.05, 0) is 42.5 Å². The molecule has 0 aliphatic rings. The van der Waals surface area contributed by atoms with Crippen molar-refractivity contribution < 1.29 is 30.0 Å². The van der Waals surface area contributed by atoms with Gasteiger partial charge in [0, 0.05) is 5.56 Å². The predicted molar refractivity (Wildman–Crippen MR) is 96.7 cm³/mol. The Hall–Kier alpha value is -2.74. The van der Waals surface area contributed by atoms with Gasteiger partial charge < -0.3 is 0 Å².